The van der Waals surface area contributed by atoms with Gasteiger partial charge in [0.05, 0.1) is 6.61 Å². The number of aryl methyl sites for hydroxylation is 1. The predicted molar refractivity (Wildman–Crippen MR) is 98.7 cm³/mol. The molecule has 1 aromatic rings. The van der Waals surface area contributed by atoms with E-state index >= 15 is 0 Å². The first kappa shape index (κ1) is 19.1. The third-order valence-electron chi connectivity index (χ3n) is 3.82. The zero-order chi connectivity index (χ0) is 17.2. The van der Waals surface area contributed by atoms with Crippen LogP contribution in [0.3, 0.4) is 0 Å². The fraction of sp³-hybridized carbons (Fsp3) is 0.611. The van der Waals surface area contributed by atoms with E-state index in [0.29, 0.717) is 32.8 Å². The number of hydrogen-bond acceptors (Lipinski definition) is 5. The summed E-state index contributed by atoms with van der Waals surface area (Å²) >= 11 is 1.90. The van der Waals surface area contributed by atoms with Gasteiger partial charge in [-0.05, 0) is 25.5 Å². The highest BCUT2D eigenvalue weighted by atomic mass is 32.2. The topological polar surface area (TPSA) is 59.6 Å². The third kappa shape index (κ3) is 6.71. The van der Waals surface area contributed by atoms with Crippen molar-refractivity contribution in [1.82, 2.24) is 10.6 Å². The molecule has 1 atom stereocenters. The maximum Gasteiger partial charge on any atom is 0.221 e. The van der Waals surface area contributed by atoms with Crippen molar-refractivity contribution in [2.45, 2.75) is 32.9 Å². The molecule has 1 amide bonds. The molecule has 1 heterocycles. The summed E-state index contributed by atoms with van der Waals surface area (Å²) in [7, 11) is 0. The molecule has 2 rings (SSSR count). The summed E-state index contributed by atoms with van der Waals surface area (Å²) in [5, 5.41) is 6.39. The van der Waals surface area contributed by atoms with Crippen LogP contribution < -0.4 is 15.4 Å². The van der Waals surface area contributed by atoms with Crippen LogP contribution in [0.15, 0.2) is 18.2 Å². The van der Waals surface area contributed by atoms with E-state index in [4.69, 9.17) is 9.47 Å². The molecular formula is C18H28N2O3S. The molecule has 0 radical (unpaired) electrons. The zero-order valence-electron chi connectivity index (χ0n) is 14.6. The smallest absolute Gasteiger partial charge is 0.221 e. The summed E-state index contributed by atoms with van der Waals surface area (Å²) in [5.41, 5.74) is 2.14. The minimum absolute atomic E-state index is 0.0795. The Kier molecular flexibility index (Phi) is 8.42. The lowest BCUT2D eigenvalue weighted by atomic mass is 10.1. The minimum Gasteiger partial charge on any atom is -0.491 e. The molecule has 1 saturated heterocycles. The number of carbonyl (C=O) groups excluding carboxylic acids is 1. The molecule has 134 valence electrons. The molecule has 1 aromatic carbocycles. The van der Waals surface area contributed by atoms with Gasteiger partial charge in [0.25, 0.3) is 0 Å². The van der Waals surface area contributed by atoms with Crippen molar-refractivity contribution in [1.29, 1.82) is 0 Å². The van der Waals surface area contributed by atoms with Crippen LogP contribution in [0.2, 0.25) is 0 Å². The number of rotatable bonds is 9. The summed E-state index contributed by atoms with van der Waals surface area (Å²) in [6, 6.07) is 6.34. The highest BCUT2D eigenvalue weighted by molar-refractivity contribution is 7.99. The van der Waals surface area contributed by atoms with Gasteiger partial charge in [-0.3, -0.25) is 4.79 Å². The van der Waals surface area contributed by atoms with Crippen LogP contribution >= 0.6 is 11.8 Å². The molecule has 24 heavy (non-hydrogen) atoms. The molecular weight excluding hydrogens is 324 g/mol. The average Bonchev–Trinajstić information content (AvgIpc) is 2.59. The molecule has 5 nitrogen and oxygen atoms in total. The number of ether oxygens (including phenoxy) is 2. The Morgan fingerprint density at radius 1 is 1.42 bits per heavy atom. The Morgan fingerprint density at radius 3 is 3.04 bits per heavy atom. The summed E-state index contributed by atoms with van der Waals surface area (Å²) in [6.45, 7) is 7.25. The largest absolute Gasteiger partial charge is 0.491 e. The molecule has 1 fully saturated rings. The van der Waals surface area contributed by atoms with Crippen molar-refractivity contribution in [3.05, 3.63) is 29.3 Å². The van der Waals surface area contributed by atoms with Crippen molar-refractivity contribution >= 4 is 17.7 Å². The van der Waals surface area contributed by atoms with Crippen LogP contribution in [0.4, 0.5) is 0 Å². The Morgan fingerprint density at radius 2 is 2.29 bits per heavy atom. The Bertz CT molecular complexity index is 519. The van der Waals surface area contributed by atoms with Crippen LogP contribution in [0.1, 0.15) is 24.5 Å². The van der Waals surface area contributed by atoms with Crippen molar-refractivity contribution in [3.63, 3.8) is 0 Å². The van der Waals surface area contributed by atoms with Crippen LogP contribution in [-0.4, -0.2) is 49.8 Å². The van der Waals surface area contributed by atoms with Gasteiger partial charge >= 0.3 is 0 Å². The normalized spacial score (nSPS) is 17.5. The lowest BCUT2D eigenvalue weighted by Crippen LogP contribution is -2.41. The number of carbonyl (C=O) groups is 1. The quantitative estimate of drug-likeness (QED) is 0.667. The molecule has 1 aliphatic heterocycles. The monoisotopic (exact) mass is 352 g/mol. The molecule has 2 N–H and O–H groups in total. The molecule has 1 unspecified atom stereocenters. The Hall–Kier alpha value is -1.24. The summed E-state index contributed by atoms with van der Waals surface area (Å²) in [4.78, 5) is 12.1. The maximum absolute atomic E-state index is 12.1. The van der Waals surface area contributed by atoms with Crippen LogP contribution in [0, 0.1) is 6.92 Å². The standard InChI is InChI=1S/C18H28N2O3S/c1-3-22-7-8-23-17-10-14(2)4-5-15(17)12-20-18(21)11-16-13-24-9-6-19-16/h4-5,10,16,19H,3,6-9,11-13H2,1-2H3,(H,20,21). The number of nitrogens with one attached hydrogen (secondary N) is 2. The van der Waals surface area contributed by atoms with Crippen LogP contribution in [-0.2, 0) is 16.1 Å². The minimum atomic E-state index is 0.0795. The molecule has 0 aromatic heterocycles. The van der Waals surface area contributed by atoms with Crippen molar-refractivity contribution in [2.75, 3.05) is 37.9 Å². The van der Waals surface area contributed by atoms with Gasteiger partial charge in [0.2, 0.25) is 5.91 Å². The summed E-state index contributed by atoms with van der Waals surface area (Å²) in [5.74, 6) is 3.03. The van der Waals surface area contributed by atoms with E-state index in [1.165, 1.54) is 0 Å². The van der Waals surface area contributed by atoms with Crippen molar-refractivity contribution < 1.29 is 14.3 Å². The van der Waals surface area contributed by atoms with Gasteiger partial charge in [-0.15, -0.1) is 0 Å². The fourth-order valence-electron chi connectivity index (χ4n) is 2.54. The summed E-state index contributed by atoms with van der Waals surface area (Å²) < 4.78 is 11.1. The number of amides is 1. The van der Waals surface area contributed by atoms with Gasteiger partial charge < -0.3 is 20.1 Å². The van der Waals surface area contributed by atoms with E-state index < -0.39 is 0 Å². The highest BCUT2D eigenvalue weighted by Gasteiger charge is 2.16. The molecule has 0 spiro atoms. The second-order valence-corrected chi connectivity index (χ2v) is 7.01. The van der Waals surface area contributed by atoms with Crippen LogP contribution in [0.25, 0.3) is 0 Å². The third-order valence-corrected chi connectivity index (χ3v) is 4.95. The SMILES string of the molecule is CCOCCOc1cc(C)ccc1CNC(=O)CC1CSCCN1. The Labute approximate surface area is 148 Å². The average molecular weight is 353 g/mol. The van der Waals surface area contributed by atoms with Gasteiger partial charge in [0.15, 0.2) is 0 Å². The molecule has 1 aliphatic rings. The van der Waals surface area contributed by atoms with Gasteiger partial charge in [0.1, 0.15) is 12.4 Å². The first-order valence-electron chi connectivity index (χ1n) is 8.57. The first-order chi connectivity index (χ1) is 11.7. The Balaban J connectivity index is 1.82. The predicted octanol–water partition coefficient (Wildman–Crippen LogP) is 2.12. The second-order valence-electron chi connectivity index (χ2n) is 5.86. The van der Waals surface area contributed by atoms with E-state index in [1.807, 2.05) is 43.8 Å². The number of benzene rings is 1. The lowest BCUT2D eigenvalue weighted by Gasteiger charge is -2.22. The van der Waals surface area contributed by atoms with Gasteiger partial charge in [0, 0.05) is 49.2 Å². The number of thioether (sulfide) groups is 1. The van der Waals surface area contributed by atoms with Crippen molar-refractivity contribution in [3.8, 4) is 5.75 Å². The maximum atomic E-state index is 12.1. The van der Waals surface area contributed by atoms with Gasteiger partial charge in [-0.1, -0.05) is 12.1 Å². The molecule has 0 bridgehead atoms. The highest BCUT2D eigenvalue weighted by Crippen LogP contribution is 2.20. The molecule has 6 heteroatoms. The van der Waals surface area contributed by atoms with E-state index in [2.05, 4.69) is 10.6 Å². The van der Waals surface area contributed by atoms with Crippen LogP contribution in [0.5, 0.6) is 5.75 Å². The fourth-order valence-corrected chi connectivity index (χ4v) is 3.49. The lowest BCUT2D eigenvalue weighted by molar-refractivity contribution is -0.121. The van der Waals surface area contributed by atoms with Gasteiger partial charge in [-0.25, -0.2) is 0 Å². The zero-order valence-corrected chi connectivity index (χ0v) is 15.4. The number of hydrogen-bond donors (Lipinski definition) is 2. The van der Waals surface area contributed by atoms with E-state index in [0.717, 1.165) is 34.9 Å². The van der Waals surface area contributed by atoms with Gasteiger partial charge in [-0.2, -0.15) is 11.8 Å². The van der Waals surface area contributed by atoms with E-state index in [1.54, 1.807) is 0 Å². The molecule has 0 aliphatic carbocycles. The van der Waals surface area contributed by atoms with Crippen molar-refractivity contribution in [2.24, 2.45) is 0 Å². The van der Waals surface area contributed by atoms with E-state index in [9.17, 15) is 4.79 Å². The molecule has 0 saturated carbocycles. The van der Waals surface area contributed by atoms with E-state index in [-0.39, 0.29) is 11.9 Å². The second kappa shape index (κ2) is 10.6. The first-order valence-corrected chi connectivity index (χ1v) is 9.72. The summed E-state index contributed by atoms with van der Waals surface area (Å²) in [6.07, 6.45) is 0.527.